The molecule has 1 saturated heterocycles. The minimum absolute atomic E-state index is 0.207. The largest absolute Gasteiger partial charge is 0.497 e. The van der Waals surface area contributed by atoms with Crippen LogP contribution in [-0.2, 0) is 6.54 Å². The van der Waals surface area contributed by atoms with Crippen LogP contribution in [0.4, 0.5) is 5.69 Å². The first-order valence-corrected chi connectivity index (χ1v) is 10.6. The van der Waals surface area contributed by atoms with E-state index in [4.69, 9.17) is 4.74 Å². The Bertz CT molecular complexity index is 1070. The summed E-state index contributed by atoms with van der Waals surface area (Å²) in [5.41, 5.74) is 4.59. The molecular weight excluding hydrogens is 388 g/mol. The van der Waals surface area contributed by atoms with E-state index in [9.17, 15) is 4.79 Å². The maximum atomic E-state index is 12.7. The van der Waals surface area contributed by atoms with Gasteiger partial charge >= 0.3 is 0 Å². The Hall–Kier alpha value is -3.25. The number of ether oxygens (including phenoxy) is 1. The maximum absolute atomic E-state index is 12.7. The average Bonchev–Trinajstić information content (AvgIpc) is 3.24. The number of benzene rings is 2. The molecule has 0 bridgehead atoms. The lowest BCUT2D eigenvalue weighted by molar-refractivity contribution is 0.102. The molecule has 160 valence electrons. The minimum Gasteiger partial charge on any atom is -0.497 e. The Labute approximate surface area is 183 Å². The van der Waals surface area contributed by atoms with Crippen molar-refractivity contribution >= 4 is 11.6 Å². The first-order chi connectivity index (χ1) is 15.0. The fourth-order valence-electron chi connectivity index (χ4n) is 3.99. The molecule has 0 unspecified atom stereocenters. The Balaban J connectivity index is 1.40. The molecule has 6 heteroatoms. The molecule has 1 aromatic heterocycles. The summed E-state index contributed by atoms with van der Waals surface area (Å²) in [4.78, 5) is 24.4. The molecule has 6 nitrogen and oxygen atoms in total. The van der Waals surface area contributed by atoms with Crippen molar-refractivity contribution in [2.24, 2.45) is 0 Å². The first-order valence-electron chi connectivity index (χ1n) is 10.6. The standard InChI is InChI=1S/C25H28N4O2/c1-17-6-4-5-7-19(17)15-29-13-12-20(16-29)24-26-14-23(18(2)27-24)25(30)28-21-8-10-22(31-3)11-9-21/h4-11,14,20H,12-13,15-16H2,1-3H3,(H,28,30)/t20-/m0/s1. The van der Waals surface area contributed by atoms with Crippen molar-refractivity contribution in [3.05, 3.63) is 82.9 Å². The summed E-state index contributed by atoms with van der Waals surface area (Å²) in [6.07, 6.45) is 2.68. The van der Waals surface area contributed by atoms with Gasteiger partial charge in [-0.2, -0.15) is 0 Å². The molecule has 2 heterocycles. The highest BCUT2D eigenvalue weighted by Crippen LogP contribution is 2.27. The number of aromatic nitrogens is 2. The van der Waals surface area contributed by atoms with E-state index in [1.807, 2.05) is 31.2 Å². The molecule has 1 N–H and O–H groups in total. The van der Waals surface area contributed by atoms with Crippen LogP contribution in [0.3, 0.4) is 0 Å². The lowest BCUT2D eigenvalue weighted by Crippen LogP contribution is -2.21. The molecule has 4 rings (SSSR count). The Morgan fingerprint density at radius 2 is 1.94 bits per heavy atom. The number of anilines is 1. The van der Waals surface area contributed by atoms with Gasteiger partial charge < -0.3 is 10.1 Å². The molecule has 31 heavy (non-hydrogen) atoms. The topological polar surface area (TPSA) is 67.3 Å². The molecule has 1 aliphatic rings. The number of aryl methyl sites for hydroxylation is 2. The summed E-state index contributed by atoms with van der Waals surface area (Å²) in [5.74, 6) is 1.66. The van der Waals surface area contributed by atoms with Crippen molar-refractivity contribution in [1.29, 1.82) is 0 Å². The third-order valence-corrected chi connectivity index (χ3v) is 5.88. The highest BCUT2D eigenvalue weighted by Gasteiger charge is 2.27. The third-order valence-electron chi connectivity index (χ3n) is 5.88. The minimum atomic E-state index is -0.207. The molecule has 0 spiro atoms. The Kier molecular flexibility index (Phi) is 6.28. The smallest absolute Gasteiger partial charge is 0.259 e. The zero-order valence-corrected chi connectivity index (χ0v) is 18.3. The van der Waals surface area contributed by atoms with Crippen LogP contribution < -0.4 is 10.1 Å². The van der Waals surface area contributed by atoms with Gasteiger partial charge in [-0.25, -0.2) is 9.97 Å². The maximum Gasteiger partial charge on any atom is 0.259 e. The fourth-order valence-corrected chi connectivity index (χ4v) is 3.99. The van der Waals surface area contributed by atoms with Crippen LogP contribution in [0.15, 0.2) is 54.7 Å². The first kappa shape index (κ1) is 21.0. The van der Waals surface area contributed by atoms with E-state index >= 15 is 0 Å². The molecule has 0 saturated carbocycles. The van der Waals surface area contributed by atoms with E-state index in [1.54, 1.807) is 13.3 Å². The number of rotatable bonds is 6. The average molecular weight is 417 g/mol. The van der Waals surface area contributed by atoms with Crippen molar-refractivity contribution in [3.8, 4) is 5.75 Å². The number of amides is 1. The van der Waals surface area contributed by atoms with Gasteiger partial charge in [0, 0.05) is 30.9 Å². The Morgan fingerprint density at radius 1 is 1.16 bits per heavy atom. The van der Waals surface area contributed by atoms with Gasteiger partial charge in [0.25, 0.3) is 5.91 Å². The van der Waals surface area contributed by atoms with Gasteiger partial charge in [-0.05, 0) is 62.2 Å². The highest BCUT2D eigenvalue weighted by molar-refractivity contribution is 6.04. The fraction of sp³-hybridized carbons (Fsp3) is 0.320. The SMILES string of the molecule is COc1ccc(NC(=O)c2cnc([C@H]3CCN(Cc4ccccc4C)C3)nc2C)cc1. The number of nitrogens with one attached hydrogen (secondary N) is 1. The zero-order chi connectivity index (χ0) is 21.8. The van der Waals surface area contributed by atoms with Crippen molar-refractivity contribution in [1.82, 2.24) is 14.9 Å². The van der Waals surface area contributed by atoms with E-state index in [2.05, 4.69) is 51.4 Å². The number of likely N-dealkylation sites (tertiary alicyclic amines) is 1. The van der Waals surface area contributed by atoms with Crippen LogP contribution in [0.1, 0.15) is 45.3 Å². The van der Waals surface area contributed by atoms with Crippen molar-refractivity contribution in [2.75, 3.05) is 25.5 Å². The van der Waals surface area contributed by atoms with E-state index in [1.165, 1.54) is 11.1 Å². The van der Waals surface area contributed by atoms with Crippen LogP contribution >= 0.6 is 0 Å². The Morgan fingerprint density at radius 3 is 2.65 bits per heavy atom. The third kappa shape index (κ3) is 4.91. The molecule has 3 aromatic rings. The van der Waals surface area contributed by atoms with Crippen LogP contribution in [0.5, 0.6) is 5.75 Å². The van der Waals surface area contributed by atoms with Crippen LogP contribution in [0.2, 0.25) is 0 Å². The molecular formula is C25H28N4O2. The summed E-state index contributed by atoms with van der Waals surface area (Å²) >= 11 is 0. The van der Waals surface area contributed by atoms with E-state index in [0.717, 1.165) is 37.6 Å². The summed E-state index contributed by atoms with van der Waals surface area (Å²) in [5, 5.41) is 2.90. The van der Waals surface area contributed by atoms with Gasteiger partial charge in [-0.3, -0.25) is 9.69 Å². The summed E-state index contributed by atoms with van der Waals surface area (Å²) in [6, 6.07) is 15.8. The predicted octanol–water partition coefficient (Wildman–Crippen LogP) is 4.34. The number of carbonyl (C=O) groups excluding carboxylic acids is 1. The molecule has 1 atom stereocenters. The van der Waals surface area contributed by atoms with Crippen molar-refractivity contribution in [3.63, 3.8) is 0 Å². The van der Waals surface area contributed by atoms with E-state index in [-0.39, 0.29) is 5.91 Å². The molecule has 0 radical (unpaired) electrons. The van der Waals surface area contributed by atoms with Gasteiger partial charge in [0.1, 0.15) is 11.6 Å². The monoisotopic (exact) mass is 416 g/mol. The lowest BCUT2D eigenvalue weighted by atomic mass is 10.1. The summed E-state index contributed by atoms with van der Waals surface area (Å²) in [6.45, 7) is 6.94. The number of methoxy groups -OCH3 is 1. The molecule has 0 aliphatic carbocycles. The number of carbonyl (C=O) groups is 1. The lowest BCUT2D eigenvalue weighted by Gasteiger charge is -2.17. The normalized spacial score (nSPS) is 16.3. The molecule has 1 amide bonds. The number of hydrogen-bond donors (Lipinski definition) is 1. The molecule has 1 aliphatic heterocycles. The van der Waals surface area contributed by atoms with Gasteiger partial charge in [0.05, 0.1) is 18.4 Å². The van der Waals surface area contributed by atoms with Gasteiger partial charge in [0.2, 0.25) is 0 Å². The quantitative estimate of drug-likeness (QED) is 0.647. The van der Waals surface area contributed by atoms with Gasteiger partial charge in [-0.1, -0.05) is 24.3 Å². The van der Waals surface area contributed by atoms with E-state index in [0.29, 0.717) is 22.9 Å². The number of nitrogens with zero attached hydrogens (tertiary/aromatic N) is 3. The van der Waals surface area contributed by atoms with E-state index < -0.39 is 0 Å². The second kappa shape index (κ2) is 9.27. The van der Waals surface area contributed by atoms with Crippen molar-refractivity contribution < 1.29 is 9.53 Å². The van der Waals surface area contributed by atoms with Crippen LogP contribution in [-0.4, -0.2) is 41.0 Å². The second-order valence-electron chi connectivity index (χ2n) is 8.06. The molecule has 2 aromatic carbocycles. The van der Waals surface area contributed by atoms with Gasteiger partial charge in [-0.15, -0.1) is 0 Å². The van der Waals surface area contributed by atoms with Crippen LogP contribution in [0, 0.1) is 13.8 Å². The highest BCUT2D eigenvalue weighted by atomic mass is 16.5. The number of hydrogen-bond acceptors (Lipinski definition) is 5. The van der Waals surface area contributed by atoms with Crippen LogP contribution in [0.25, 0.3) is 0 Å². The molecule has 1 fully saturated rings. The summed E-state index contributed by atoms with van der Waals surface area (Å²) < 4.78 is 5.15. The summed E-state index contributed by atoms with van der Waals surface area (Å²) in [7, 11) is 1.61. The predicted molar refractivity (Wildman–Crippen MR) is 122 cm³/mol. The van der Waals surface area contributed by atoms with Gasteiger partial charge in [0.15, 0.2) is 0 Å². The second-order valence-corrected chi connectivity index (χ2v) is 8.06. The zero-order valence-electron chi connectivity index (χ0n) is 18.3. The van der Waals surface area contributed by atoms with Crippen molar-refractivity contribution in [2.45, 2.75) is 32.7 Å².